The van der Waals surface area contributed by atoms with E-state index in [-0.39, 0.29) is 18.3 Å². The number of hydrogen-bond donors (Lipinski definition) is 2. The molecule has 0 saturated carbocycles. The van der Waals surface area contributed by atoms with E-state index in [1.807, 2.05) is 6.07 Å². The lowest BCUT2D eigenvalue weighted by Crippen LogP contribution is -2.26. The standard InChI is InChI=1S/C12H17ClN2OS.ClH/c1-2-17-11-5-4-9(13)8-10(11)12(16)15-7-3-6-14;/h4-5,8H,2-3,6-7,14H2,1H3,(H,15,16);1H. The van der Waals surface area contributed by atoms with Gasteiger partial charge in [-0.15, -0.1) is 24.2 Å². The van der Waals surface area contributed by atoms with Gasteiger partial charge in [-0.1, -0.05) is 18.5 Å². The summed E-state index contributed by atoms with van der Waals surface area (Å²) < 4.78 is 0. The Hall–Kier alpha value is -0.420. The van der Waals surface area contributed by atoms with Crippen molar-refractivity contribution in [3.63, 3.8) is 0 Å². The molecule has 0 heterocycles. The van der Waals surface area contributed by atoms with Gasteiger partial charge in [-0.2, -0.15) is 0 Å². The molecule has 0 aromatic heterocycles. The Labute approximate surface area is 123 Å². The topological polar surface area (TPSA) is 55.1 Å². The quantitative estimate of drug-likeness (QED) is 0.627. The molecule has 0 saturated heterocycles. The van der Waals surface area contributed by atoms with Gasteiger partial charge in [0, 0.05) is 16.5 Å². The number of thioether (sulfide) groups is 1. The van der Waals surface area contributed by atoms with Gasteiger partial charge in [0.1, 0.15) is 0 Å². The molecule has 0 atom stereocenters. The number of rotatable bonds is 6. The summed E-state index contributed by atoms with van der Waals surface area (Å²) in [5, 5.41) is 3.41. The maximum atomic E-state index is 11.9. The molecule has 0 aliphatic rings. The van der Waals surface area contributed by atoms with Crippen LogP contribution in [0.4, 0.5) is 0 Å². The first kappa shape index (κ1) is 17.6. The van der Waals surface area contributed by atoms with Gasteiger partial charge in [-0.3, -0.25) is 4.79 Å². The molecule has 6 heteroatoms. The molecule has 1 aromatic rings. The molecule has 0 aliphatic heterocycles. The lowest BCUT2D eigenvalue weighted by atomic mass is 10.2. The summed E-state index contributed by atoms with van der Waals surface area (Å²) in [6.07, 6.45) is 0.780. The van der Waals surface area contributed by atoms with Crippen molar-refractivity contribution in [2.24, 2.45) is 5.73 Å². The lowest BCUT2D eigenvalue weighted by molar-refractivity contribution is 0.0950. The van der Waals surface area contributed by atoms with Gasteiger partial charge in [0.25, 0.3) is 5.91 Å². The van der Waals surface area contributed by atoms with Crippen molar-refractivity contribution in [1.29, 1.82) is 0 Å². The molecule has 0 fully saturated rings. The largest absolute Gasteiger partial charge is 0.352 e. The normalized spacial score (nSPS) is 9.72. The molecule has 102 valence electrons. The van der Waals surface area contributed by atoms with Crippen molar-refractivity contribution in [3.8, 4) is 0 Å². The molecule has 0 bridgehead atoms. The zero-order valence-electron chi connectivity index (χ0n) is 10.2. The Kier molecular flexibility index (Phi) is 9.28. The Morgan fingerprint density at radius 1 is 1.50 bits per heavy atom. The fourth-order valence-electron chi connectivity index (χ4n) is 1.36. The van der Waals surface area contributed by atoms with Gasteiger partial charge in [-0.05, 0) is 36.9 Å². The van der Waals surface area contributed by atoms with E-state index < -0.39 is 0 Å². The van der Waals surface area contributed by atoms with Crippen LogP contribution in [-0.4, -0.2) is 24.7 Å². The number of benzene rings is 1. The van der Waals surface area contributed by atoms with Gasteiger partial charge in [0.15, 0.2) is 0 Å². The molecule has 0 unspecified atom stereocenters. The van der Waals surface area contributed by atoms with E-state index in [0.29, 0.717) is 23.7 Å². The first-order valence-electron chi connectivity index (χ1n) is 5.59. The van der Waals surface area contributed by atoms with Crippen molar-refractivity contribution < 1.29 is 4.79 Å². The monoisotopic (exact) mass is 308 g/mol. The third-order valence-corrected chi connectivity index (χ3v) is 3.34. The summed E-state index contributed by atoms with van der Waals surface area (Å²) in [5.74, 6) is 0.835. The van der Waals surface area contributed by atoms with E-state index in [9.17, 15) is 4.79 Å². The van der Waals surface area contributed by atoms with E-state index in [1.165, 1.54) is 0 Å². The Morgan fingerprint density at radius 3 is 2.83 bits per heavy atom. The second-order valence-corrected chi connectivity index (χ2v) is 5.21. The second kappa shape index (κ2) is 9.50. The van der Waals surface area contributed by atoms with Crippen molar-refractivity contribution in [2.45, 2.75) is 18.2 Å². The van der Waals surface area contributed by atoms with Crippen molar-refractivity contribution >= 4 is 41.7 Å². The maximum absolute atomic E-state index is 11.9. The highest BCUT2D eigenvalue weighted by molar-refractivity contribution is 7.99. The minimum atomic E-state index is -0.0862. The van der Waals surface area contributed by atoms with Crippen LogP contribution in [0.3, 0.4) is 0 Å². The SMILES string of the molecule is CCSc1ccc(Cl)cc1C(=O)NCCCN.Cl. The number of nitrogens with two attached hydrogens (primary N) is 1. The molecule has 18 heavy (non-hydrogen) atoms. The molecular weight excluding hydrogens is 291 g/mol. The smallest absolute Gasteiger partial charge is 0.252 e. The zero-order valence-corrected chi connectivity index (χ0v) is 12.6. The molecule has 1 rings (SSSR count). The molecule has 3 N–H and O–H groups in total. The molecule has 0 spiro atoms. The number of nitrogens with one attached hydrogen (secondary N) is 1. The highest BCUT2D eigenvalue weighted by Gasteiger charge is 2.11. The van der Waals surface area contributed by atoms with E-state index in [1.54, 1.807) is 23.9 Å². The van der Waals surface area contributed by atoms with Crippen LogP contribution in [0, 0.1) is 0 Å². The van der Waals surface area contributed by atoms with Crippen molar-refractivity contribution in [2.75, 3.05) is 18.8 Å². The minimum Gasteiger partial charge on any atom is -0.352 e. The summed E-state index contributed by atoms with van der Waals surface area (Å²) in [4.78, 5) is 12.9. The fourth-order valence-corrected chi connectivity index (χ4v) is 2.31. The van der Waals surface area contributed by atoms with Crippen molar-refractivity contribution in [1.82, 2.24) is 5.32 Å². The Bertz CT molecular complexity index is 388. The van der Waals surface area contributed by atoms with Gasteiger partial charge >= 0.3 is 0 Å². The second-order valence-electron chi connectivity index (χ2n) is 3.47. The summed E-state index contributed by atoms with van der Waals surface area (Å²) in [5.41, 5.74) is 6.02. The zero-order chi connectivity index (χ0) is 12.7. The first-order chi connectivity index (χ1) is 8.19. The van der Waals surface area contributed by atoms with Crippen LogP contribution >= 0.6 is 35.8 Å². The summed E-state index contributed by atoms with van der Waals surface area (Å²) >= 11 is 7.55. The summed E-state index contributed by atoms with van der Waals surface area (Å²) in [6.45, 7) is 3.22. The lowest BCUT2D eigenvalue weighted by Gasteiger charge is -2.09. The number of carbonyl (C=O) groups excluding carboxylic acids is 1. The van der Waals surface area contributed by atoms with Crippen LogP contribution in [-0.2, 0) is 0 Å². The van der Waals surface area contributed by atoms with E-state index in [4.69, 9.17) is 17.3 Å². The first-order valence-corrected chi connectivity index (χ1v) is 6.96. The third kappa shape index (κ3) is 5.48. The van der Waals surface area contributed by atoms with Gasteiger partial charge in [-0.25, -0.2) is 0 Å². The number of hydrogen-bond acceptors (Lipinski definition) is 3. The molecule has 1 amide bonds. The number of carbonyl (C=O) groups is 1. The van der Waals surface area contributed by atoms with Crippen LogP contribution in [0.5, 0.6) is 0 Å². The van der Waals surface area contributed by atoms with Gasteiger partial charge < -0.3 is 11.1 Å². The Morgan fingerprint density at radius 2 is 2.22 bits per heavy atom. The van der Waals surface area contributed by atoms with Crippen LogP contribution in [0.25, 0.3) is 0 Å². The molecular formula is C12H18Cl2N2OS. The maximum Gasteiger partial charge on any atom is 0.252 e. The molecule has 0 aliphatic carbocycles. The summed E-state index contributed by atoms with van der Waals surface area (Å²) in [7, 11) is 0. The predicted octanol–water partition coefficient (Wildman–Crippen LogP) is 2.95. The average molecular weight is 309 g/mol. The highest BCUT2D eigenvalue weighted by atomic mass is 35.5. The fraction of sp³-hybridized carbons (Fsp3) is 0.417. The van der Waals surface area contributed by atoms with Crippen LogP contribution in [0.2, 0.25) is 5.02 Å². The van der Waals surface area contributed by atoms with E-state index in [2.05, 4.69) is 12.2 Å². The minimum absolute atomic E-state index is 0. The molecule has 1 aromatic carbocycles. The molecule has 0 radical (unpaired) electrons. The van der Waals surface area contributed by atoms with Crippen LogP contribution in [0.15, 0.2) is 23.1 Å². The molecule has 3 nitrogen and oxygen atoms in total. The third-order valence-electron chi connectivity index (χ3n) is 2.15. The van der Waals surface area contributed by atoms with Crippen LogP contribution in [0.1, 0.15) is 23.7 Å². The highest BCUT2D eigenvalue weighted by Crippen LogP contribution is 2.25. The number of halogens is 2. The van der Waals surface area contributed by atoms with Gasteiger partial charge in [0.2, 0.25) is 0 Å². The Balaban J connectivity index is 0.00000289. The summed E-state index contributed by atoms with van der Waals surface area (Å²) in [6, 6.07) is 5.39. The number of amides is 1. The van der Waals surface area contributed by atoms with E-state index in [0.717, 1.165) is 17.1 Å². The van der Waals surface area contributed by atoms with Crippen molar-refractivity contribution in [3.05, 3.63) is 28.8 Å². The predicted molar refractivity (Wildman–Crippen MR) is 81.1 cm³/mol. The van der Waals surface area contributed by atoms with Crippen LogP contribution < -0.4 is 11.1 Å². The van der Waals surface area contributed by atoms with E-state index >= 15 is 0 Å². The average Bonchev–Trinajstić information content (AvgIpc) is 2.32. The van der Waals surface area contributed by atoms with Gasteiger partial charge in [0.05, 0.1) is 5.56 Å².